The minimum absolute atomic E-state index is 0.0387. The third kappa shape index (κ3) is 3.70. The Morgan fingerprint density at radius 2 is 2.11 bits per heavy atom. The number of piperidine rings is 1. The van der Waals surface area contributed by atoms with Gasteiger partial charge in [0.2, 0.25) is 5.91 Å². The van der Waals surface area contributed by atoms with Gasteiger partial charge in [0.15, 0.2) is 0 Å². The molecule has 1 saturated heterocycles. The minimum atomic E-state index is -0.835. The number of carboxylic acids is 1. The molecule has 104 valence electrons. The van der Waals surface area contributed by atoms with Crippen molar-refractivity contribution >= 4 is 11.9 Å². The van der Waals surface area contributed by atoms with Crippen LogP contribution in [0.15, 0.2) is 0 Å². The Bertz CT molecular complexity index is 315. The van der Waals surface area contributed by atoms with Gasteiger partial charge in [-0.3, -0.25) is 9.59 Å². The molecule has 0 radical (unpaired) electrons. The predicted octanol–water partition coefficient (Wildman–Crippen LogP) is 1.36. The van der Waals surface area contributed by atoms with Crippen LogP contribution in [0.4, 0.5) is 0 Å². The number of rotatable bonds is 5. The fourth-order valence-corrected chi connectivity index (χ4v) is 2.34. The van der Waals surface area contributed by atoms with Crippen molar-refractivity contribution in [3.05, 3.63) is 0 Å². The first-order valence-corrected chi connectivity index (χ1v) is 6.70. The van der Waals surface area contributed by atoms with Crippen LogP contribution >= 0.6 is 0 Å². The second-order valence-corrected chi connectivity index (χ2v) is 5.35. The Morgan fingerprint density at radius 1 is 1.44 bits per heavy atom. The van der Waals surface area contributed by atoms with Crippen molar-refractivity contribution in [2.45, 2.75) is 64.0 Å². The number of amides is 1. The van der Waals surface area contributed by atoms with E-state index < -0.39 is 11.5 Å². The minimum Gasteiger partial charge on any atom is -0.481 e. The summed E-state index contributed by atoms with van der Waals surface area (Å²) in [7, 11) is 0. The zero-order valence-electron chi connectivity index (χ0n) is 11.3. The number of carboxylic acid groups (broad SMARTS) is 1. The average molecular weight is 256 g/mol. The molecule has 1 aliphatic heterocycles. The Balaban J connectivity index is 2.70. The SMILES string of the molecule is CCC(C)(N)C(=O)N1CCCCC1CCC(=O)O. The maximum Gasteiger partial charge on any atom is 0.303 e. The topological polar surface area (TPSA) is 83.6 Å². The van der Waals surface area contributed by atoms with Crippen LogP contribution < -0.4 is 5.73 Å². The normalized spacial score (nSPS) is 23.5. The first-order valence-electron chi connectivity index (χ1n) is 6.70. The molecule has 1 rings (SSSR count). The highest BCUT2D eigenvalue weighted by molar-refractivity contribution is 5.86. The van der Waals surface area contributed by atoms with Crippen LogP contribution in [-0.2, 0) is 9.59 Å². The summed E-state index contributed by atoms with van der Waals surface area (Å²) >= 11 is 0. The number of hydrogen-bond donors (Lipinski definition) is 2. The van der Waals surface area contributed by atoms with Gasteiger partial charge in [-0.05, 0) is 39.0 Å². The number of nitrogens with two attached hydrogens (primary N) is 1. The highest BCUT2D eigenvalue weighted by Crippen LogP contribution is 2.24. The molecule has 0 aromatic heterocycles. The third-order valence-electron chi connectivity index (χ3n) is 3.80. The largest absolute Gasteiger partial charge is 0.481 e. The molecule has 1 amide bonds. The number of carbonyl (C=O) groups excluding carboxylic acids is 1. The van der Waals surface area contributed by atoms with Crippen LogP contribution in [-0.4, -0.2) is 40.0 Å². The third-order valence-corrected chi connectivity index (χ3v) is 3.80. The number of carbonyl (C=O) groups is 2. The standard InChI is InChI=1S/C13H24N2O3/c1-3-13(2,14)12(18)15-9-5-4-6-10(15)7-8-11(16)17/h10H,3-9,14H2,1-2H3,(H,16,17). The molecule has 0 saturated carbocycles. The number of hydrogen-bond acceptors (Lipinski definition) is 3. The van der Waals surface area contributed by atoms with Crippen LogP contribution in [0.25, 0.3) is 0 Å². The van der Waals surface area contributed by atoms with Gasteiger partial charge in [0.05, 0.1) is 5.54 Å². The predicted molar refractivity (Wildman–Crippen MR) is 69.1 cm³/mol. The van der Waals surface area contributed by atoms with Crippen LogP contribution in [0.5, 0.6) is 0 Å². The van der Waals surface area contributed by atoms with E-state index in [-0.39, 0.29) is 18.4 Å². The molecule has 2 atom stereocenters. The van der Waals surface area contributed by atoms with E-state index in [0.29, 0.717) is 19.4 Å². The van der Waals surface area contributed by atoms with Crippen molar-refractivity contribution < 1.29 is 14.7 Å². The van der Waals surface area contributed by atoms with E-state index in [2.05, 4.69) is 0 Å². The van der Waals surface area contributed by atoms with Gasteiger partial charge >= 0.3 is 5.97 Å². The summed E-state index contributed by atoms with van der Waals surface area (Å²) in [5.74, 6) is -0.848. The lowest BCUT2D eigenvalue weighted by Crippen LogP contribution is -2.57. The molecule has 1 fully saturated rings. The van der Waals surface area contributed by atoms with Gasteiger partial charge in [-0.15, -0.1) is 0 Å². The Hall–Kier alpha value is -1.10. The molecule has 0 aromatic rings. The molecule has 18 heavy (non-hydrogen) atoms. The second kappa shape index (κ2) is 6.18. The number of likely N-dealkylation sites (tertiary alicyclic amines) is 1. The van der Waals surface area contributed by atoms with Crippen LogP contribution in [0.1, 0.15) is 52.4 Å². The Kier molecular flexibility index (Phi) is 5.14. The molecule has 0 aromatic carbocycles. The van der Waals surface area contributed by atoms with E-state index in [9.17, 15) is 9.59 Å². The van der Waals surface area contributed by atoms with Crippen LogP contribution in [0, 0.1) is 0 Å². The van der Waals surface area contributed by atoms with E-state index in [0.717, 1.165) is 19.3 Å². The molecular formula is C13H24N2O3. The van der Waals surface area contributed by atoms with E-state index in [1.807, 2.05) is 6.92 Å². The van der Waals surface area contributed by atoms with Crippen LogP contribution in [0.2, 0.25) is 0 Å². The fourth-order valence-electron chi connectivity index (χ4n) is 2.34. The molecule has 5 heteroatoms. The van der Waals surface area contributed by atoms with Crippen molar-refractivity contribution in [1.29, 1.82) is 0 Å². The molecule has 1 aliphatic rings. The Labute approximate surface area is 108 Å². The molecule has 3 N–H and O–H groups in total. The summed E-state index contributed by atoms with van der Waals surface area (Å²) in [5, 5.41) is 8.75. The maximum atomic E-state index is 12.4. The summed E-state index contributed by atoms with van der Waals surface area (Å²) in [6.07, 6.45) is 4.16. The van der Waals surface area contributed by atoms with Crippen molar-refractivity contribution in [2.24, 2.45) is 5.73 Å². The van der Waals surface area contributed by atoms with Crippen molar-refractivity contribution in [1.82, 2.24) is 4.90 Å². The molecule has 1 heterocycles. The molecule has 0 bridgehead atoms. The van der Waals surface area contributed by atoms with Gasteiger partial charge in [-0.2, -0.15) is 0 Å². The fraction of sp³-hybridized carbons (Fsp3) is 0.846. The van der Waals surface area contributed by atoms with Gasteiger partial charge in [0.1, 0.15) is 0 Å². The molecular weight excluding hydrogens is 232 g/mol. The number of nitrogens with zero attached hydrogens (tertiary/aromatic N) is 1. The quantitative estimate of drug-likeness (QED) is 0.778. The van der Waals surface area contributed by atoms with Gasteiger partial charge in [-0.25, -0.2) is 0 Å². The maximum absolute atomic E-state index is 12.4. The molecule has 0 spiro atoms. The summed E-state index contributed by atoms with van der Waals surface area (Å²) in [6.45, 7) is 4.35. The lowest BCUT2D eigenvalue weighted by Gasteiger charge is -2.40. The summed E-state index contributed by atoms with van der Waals surface area (Å²) in [5.41, 5.74) is 5.17. The van der Waals surface area contributed by atoms with Gasteiger partial charge in [-0.1, -0.05) is 6.92 Å². The zero-order valence-corrected chi connectivity index (χ0v) is 11.3. The van der Waals surface area contributed by atoms with Gasteiger partial charge in [0.25, 0.3) is 0 Å². The summed E-state index contributed by atoms with van der Waals surface area (Å²) in [4.78, 5) is 24.8. The van der Waals surface area contributed by atoms with Crippen molar-refractivity contribution in [3.8, 4) is 0 Å². The molecule has 5 nitrogen and oxygen atoms in total. The first kappa shape index (κ1) is 15.0. The zero-order chi connectivity index (χ0) is 13.8. The van der Waals surface area contributed by atoms with Crippen LogP contribution in [0.3, 0.4) is 0 Å². The molecule has 0 aliphatic carbocycles. The van der Waals surface area contributed by atoms with Crippen molar-refractivity contribution in [2.75, 3.05) is 6.54 Å². The number of aliphatic carboxylic acids is 1. The lowest BCUT2D eigenvalue weighted by molar-refractivity contribution is -0.143. The Morgan fingerprint density at radius 3 is 2.67 bits per heavy atom. The smallest absolute Gasteiger partial charge is 0.303 e. The van der Waals surface area contributed by atoms with Gasteiger partial charge < -0.3 is 15.7 Å². The van der Waals surface area contributed by atoms with E-state index in [1.54, 1.807) is 11.8 Å². The second-order valence-electron chi connectivity index (χ2n) is 5.35. The average Bonchev–Trinajstić information content (AvgIpc) is 2.35. The monoisotopic (exact) mass is 256 g/mol. The summed E-state index contributed by atoms with van der Waals surface area (Å²) in [6, 6.07) is 0.0387. The van der Waals surface area contributed by atoms with E-state index in [1.165, 1.54) is 0 Å². The van der Waals surface area contributed by atoms with Crippen molar-refractivity contribution in [3.63, 3.8) is 0 Å². The van der Waals surface area contributed by atoms with Gasteiger partial charge in [0, 0.05) is 19.0 Å². The van der Waals surface area contributed by atoms with E-state index >= 15 is 0 Å². The summed E-state index contributed by atoms with van der Waals surface area (Å²) < 4.78 is 0. The van der Waals surface area contributed by atoms with E-state index in [4.69, 9.17) is 10.8 Å². The lowest BCUT2D eigenvalue weighted by atomic mass is 9.92. The molecule has 2 unspecified atom stereocenters. The highest BCUT2D eigenvalue weighted by atomic mass is 16.4. The first-order chi connectivity index (χ1) is 8.38. The highest BCUT2D eigenvalue weighted by Gasteiger charge is 2.35.